The minimum Gasteiger partial charge on any atom is -0.476 e. The fourth-order valence-electron chi connectivity index (χ4n) is 1.47. The summed E-state index contributed by atoms with van der Waals surface area (Å²) in [5, 5.41) is 9.83. The van der Waals surface area contributed by atoms with Gasteiger partial charge >= 0.3 is 5.97 Å². The van der Waals surface area contributed by atoms with Crippen molar-refractivity contribution >= 4 is 29.2 Å². The molecule has 0 saturated heterocycles. The Hall–Kier alpha value is -1.52. The molecular formula is C11H8Cl2N2O2. The normalized spacial score (nSPS) is 10.5. The van der Waals surface area contributed by atoms with Gasteiger partial charge < -0.3 is 9.67 Å². The Morgan fingerprint density at radius 2 is 1.94 bits per heavy atom. The number of halogens is 2. The lowest BCUT2D eigenvalue weighted by Gasteiger charge is -2.03. The maximum Gasteiger partial charge on any atom is 0.356 e. The molecule has 0 aliphatic heterocycles. The van der Waals surface area contributed by atoms with Gasteiger partial charge in [0.1, 0.15) is 0 Å². The Morgan fingerprint density at radius 3 is 2.47 bits per heavy atom. The molecule has 0 spiro atoms. The fourth-order valence-corrected chi connectivity index (χ4v) is 2.04. The highest BCUT2D eigenvalue weighted by Crippen LogP contribution is 2.19. The highest BCUT2D eigenvalue weighted by Gasteiger charge is 2.07. The number of rotatable bonds is 3. The van der Waals surface area contributed by atoms with Crippen LogP contribution in [0.25, 0.3) is 0 Å². The molecule has 2 rings (SSSR count). The summed E-state index contributed by atoms with van der Waals surface area (Å²) >= 11 is 11.7. The zero-order valence-corrected chi connectivity index (χ0v) is 10.1. The number of benzene rings is 1. The van der Waals surface area contributed by atoms with Gasteiger partial charge in [-0.1, -0.05) is 23.2 Å². The van der Waals surface area contributed by atoms with Crippen molar-refractivity contribution in [2.75, 3.05) is 0 Å². The second-order valence-corrected chi connectivity index (χ2v) is 4.39. The summed E-state index contributed by atoms with van der Waals surface area (Å²) < 4.78 is 1.66. The first kappa shape index (κ1) is 12.0. The second kappa shape index (κ2) is 4.77. The van der Waals surface area contributed by atoms with E-state index in [0.29, 0.717) is 16.6 Å². The molecule has 0 fully saturated rings. The molecular weight excluding hydrogens is 263 g/mol. The van der Waals surface area contributed by atoms with E-state index < -0.39 is 5.97 Å². The molecule has 0 amide bonds. The van der Waals surface area contributed by atoms with Gasteiger partial charge in [0, 0.05) is 22.8 Å². The molecule has 0 radical (unpaired) electrons. The third kappa shape index (κ3) is 2.99. The number of hydrogen-bond donors (Lipinski definition) is 1. The Balaban J connectivity index is 2.22. The fraction of sp³-hybridized carbons (Fsp3) is 0.0909. The van der Waals surface area contributed by atoms with E-state index in [0.717, 1.165) is 5.56 Å². The Kier molecular flexibility index (Phi) is 3.36. The van der Waals surface area contributed by atoms with E-state index in [1.807, 2.05) is 0 Å². The average molecular weight is 271 g/mol. The van der Waals surface area contributed by atoms with Gasteiger partial charge in [-0.25, -0.2) is 9.78 Å². The van der Waals surface area contributed by atoms with Crippen molar-refractivity contribution < 1.29 is 9.90 Å². The molecule has 1 N–H and O–H groups in total. The van der Waals surface area contributed by atoms with Crippen LogP contribution < -0.4 is 0 Å². The van der Waals surface area contributed by atoms with Gasteiger partial charge in [-0.15, -0.1) is 0 Å². The zero-order valence-electron chi connectivity index (χ0n) is 8.60. The van der Waals surface area contributed by atoms with Crippen molar-refractivity contribution in [2.24, 2.45) is 0 Å². The second-order valence-electron chi connectivity index (χ2n) is 3.51. The highest BCUT2D eigenvalue weighted by molar-refractivity contribution is 6.34. The van der Waals surface area contributed by atoms with Gasteiger partial charge in [-0.3, -0.25) is 0 Å². The molecule has 88 valence electrons. The predicted octanol–water partition coefficient (Wildman–Crippen LogP) is 2.94. The topological polar surface area (TPSA) is 55.1 Å². The number of carboxylic acid groups (broad SMARTS) is 1. The maximum absolute atomic E-state index is 10.7. The summed E-state index contributed by atoms with van der Waals surface area (Å²) in [5.74, 6) is -1.05. The number of carbonyl (C=O) groups is 1. The van der Waals surface area contributed by atoms with E-state index >= 15 is 0 Å². The van der Waals surface area contributed by atoms with Crippen LogP contribution in [0.1, 0.15) is 16.1 Å². The average Bonchev–Trinajstić information content (AvgIpc) is 2.64. The highest BCUT2D eigenvalue weighted by atomic mass is 35.5. The summed E-state index contributed by atoms with van der Waals surface area (Å²) in [7, 11) is 0. The van der Waals surface area contributed by atoms with Crippen molar-refractivity contribution in [3.8, 4) is 0 Å². The maximum atomic E-state index is 10.7. The van der Waals surface area contributed by atoms with Gasteiger partial charge in [0.25, 0.3) is 0 Å². The van der Waals surface area contributed by atoms with Gasteiger partial charge in [0.2, 0.25) is 0 Å². The Bertz CT molecular complexity index is 546. The van der Waals surface area contributed by atoms with Crippen LogP contribution in [0.3, 0.4) is 0 Å². The van der Waals surface area contributed by atoms with E-state index in [1.165, 1.54) is 12.5 Å². The van der Waals surface area contributed by atoms with Crippen molar-refractivity contribution in [1.29, 1.82) is 0 Å². The molecule has 1 aromatic carbocycles. The molecule has 0 bridgehead atoms. The predicted molar refractivity (Wildman–Crippen MR) is 64.8 cm³/mol. The third-order valence-corrected chi connectivity index (χ3v) is 2.58. The monoisotopic (exact) mass is 270 g/mol. The van der Waals surface area contributed by atoms with Crippen LogP contribution in [0, 0.1) is 0 Å². The minimum atomic E-state index is -1.05. The van der Waals surface area contributed by atoms with Gasteiger partial charge in [0.05, 0.1) is 6.33 Å². The zero-order chi connectivity index (χ0) is 12.4. The van der Waals surface area contributed by atoms with Crippen molar-refractivity contribution in [3.63, 3.8) is 0 Å². The lowest BCUT2D eigenvalue weighted by atomic mass is 10.2. The lowest BCUT2D eigenvalue weighted by Crippen LogP contribution is -1.98. The minimum absolute atomic E-state index is 0.0122. The quantitative estimate of drug-likeness (QED) is 0.933. The van der Waals surface area contributed by atoms with Crippen molar-refractivity contribution in [3.05, 3.63) is 52.0 Å². The van der Waals surface area contributed by atoms with Crippen LogP contribution in [0.15, 0.2) is 30.7 Å². The number of aromatic nitrogens is 2. The third-order valence-electron chi connectivity index (χ3n) is 2.14. The van der Waals surface area contributed by atoms with Crippen LogP contribution in [0.4, 0.5) is 0 Å². The molecule has 2 aromatic rings. The summed E-state index contributed by atoms with van der Waals surface area (Å²) in [6.07, 6.45) is 2.91. The number of carboxylic acids is 1. The molecule has 4 nitrogen and oxygen atoms in total. The smallest absolute Gasteiger partial charge is 0.356 e. The van der Waals surface area contributed by atoms with Crippen LogP contribution in [-0.4, -0.2) is 20.6 Å². The van der Waals surface area contributed by atoms with E-state index in [1.54, 1.807) is 22.8 Å². The molecule has 0 aliphatic rings. The largest absolute Gasteiger partial charge is 0.476 e. The van der Waals surface area contributed by atoms with Gasteiger partial charge in [-0.2, -0.15) is 0 Å². The molecule has 6 heteroatoms. The van der Waals surface area contributed by atoms with Crippen LogP contribution >= 0.6 is 23.2 Å². The van der Waals surface area contributed by atoms with Crippen LogP contribution in [0.2, 0.25) is 10.0 Å². The van der Waals surface area contributed by atoms with E-state index in [4.69, 9.17) is 28.3 Å². The lowest BCUT2D eigenvalue weighted by molar-refractivity contribution is 0.0691. The Labute approximate surface area is 107 Å². The van der Waals surface area contributed by atoms with Gasteiger partial charge in [0.15, 0.2) is 5.69 Å². The van der Waals surface area contributed by atoms with Crippen molar-refractivity contribution in [1.82, 2.24) is 9.55 Å². The first-order valence-electron chi connectivity index (χ1n) is 4.74. The summed E-state index contributed by atoms with van der Waals surface area (Å²) in [6, 6.07) is 5.19. The van der Waals surface area contributed by atoms with E-state index in [2.05, 4.69) is 4.98 Å². The van der Waals surface area contributed by atoms with Crippen LogP contribution in [0.5, 0.6) is 0 Å². The SMILES string of the molecule is O=C(O)c1cn(Cc2cc(Cl)cc(Cl)c2)cn1. The summed E-state index contributed by atoms with van der Waals surface area (Å²) in [5.41, 5.74) is 0.898. The molecule has 1 heterocycles. The molecule has 0 atom stereocenters. The number of aromatic carboxylic acids is 1. The number of hydrogen-bond acceptors (Lipinski definition) is 2. The number of imidazole rings is 1. The summed E-state index contributed by atoms with van der Waals surface area (Å²) in [6.45, 7) is 0.473. The first-order chi connectivity index (χ1) is 8.04. The first-order valence-corrected chi connectivity index (χ1v) is 5.50. The molecule has 0 unspecified atom stereocenters. The Morgan fingerprint density at radius 1 is 1.29 bits per heavy atom. The molecule has 1 aromatic heterocycles. The van der Waals surface area contributed by atoms with Gasteiger partial charge in [-0.05, 0) is 23.8 Å². The van der Waals surface area contributed by atoms with E-state index in [9.17, 15) is 4.79 Å². The molecule has 0 saturated carbocycles. The van der Waals surface area contributed by atoms with Crippen LogP contribution in [-0.2, 0) is 6.54 Å². The summed E-state index contributed by atoms with van der Waals surface area (Å²) in [4.78, 5) is 14.4. The van der Waals surface area contributed by atoms with Crippen molar-refractivity contribution in [2.45, 2.75) is 6.54 Å². The van der Waals surface area contributed by atoms with E-state index in [-0.39, 0.29) is 5.69 Å². The number of nitrogens with zero attached hydrogens (tertiary/aromatic N) is 2. The molecule has 0 aliphatic carbocycles. The molecule has 17 heavy (non-hydrogen) atoms. The standard InChI is InChI=1S/C11H8Cl2N2O2/c12-8-1-7(2-9(13)3-8)4-15-5-10(11(16)17)14-6-15/h1-3,5-6H,4H2,(H,16,17).